The fourth-order valence-electron chi connectivity index (χ4n) is 2.44. The first kappa shape index (κ1) is 15.2. The highest BCUT2D eigenvalue weighted by Gasteiger charge is 2.40. The number of aryl methyl sites for hydroxylation is 1. The molecule has 2 amide bonds. The zero-order chi connectivity index (χ0) is 15.7. The number of imide groups is 1. The molecule has 0 aliphatic carbocycles. The molecule has 0 saturated carbocycles. The van der Waals surface area contributed by atoms with E-state index in [0.29, 0.717) is 16.7 Å². The normalized spacial score (nSPS) is 16.7. The van der Waals surface area contributed by atoms with Crippen LogP contribution >= 0.6 is 0 Å². The maximum Gasteiger partial charge on any atom is 0.313 e. The van der Waals surface area contributed by atoms with E-state index in [9.17, 15) is 19.5 Å². The third-order valence-corrected chi connectivity index (χ3v) is 3.67. The van der Waals surface area contributed by atoms with E-state index in [0.717, 1.165) is 4.90 Å². The van der Waals surface area contributed by atoms with Gasteiger partial charge in [-0.2, -0.15) is 0 Å². The number of carbonyl (C=O) groups is 3. The number of methoxy groups -OCH3 is 1. The van der Waals surface area contributed by atoms with E-state index in [1.807, 2.05) is 0 Å². The number of rotatable bonds is 4. The Bertz CT molecular complexity index is 608. The van der Waals surface area contributed by atoms with Crippen LogP contribution in [0.25, 0.3) is 0 Å². The van der Waals surface area contributed by atoms with Crippen LogP contribution in [0, 0.1) is 12.8 Å². The number of carbonyl (C=O) groups excluding carboxylic acids is 3. The largest absolute Gasteiger partial charge is 0.469 e. The van der Waals surface area contributed by atoms with Crippen molar-refractivity contribution in [3.8, 4) is 0 Å². The van der Waals surface area contributed by atoms with E-state index in [1.165, 1.54) is 14.0 Å². The molecule has 0 bridgehead atoms. The van der Waals surface area contributed by atoms with Crippen LogP contribution < -0.4 is 0 Å². The number of ether oxygens (including phenoxy) is 1. The fraction of sp³-hybridized carbons (Fsp3) is 0.400. The van der Waals surface area contributed by atoms with Gasteiger partial charge in [0.15, 0.2) is 0 Å². The van der Waals surface area contributed by atoms with Crippen molar-refractivity contribution >= 4 is 17.8 Å². The Kier molecular flexibility index (Phi) is 4.09. The van der Waals surface area contributed by atoms with Gasteiger partial charge in [0, 0.05) is 6.54 Å². The maximum absolute atomic E-state index is 12.4. The highest BCUT2D eigenvalue weighted by molar-refractivity contribution is 6.22. The Balaban J connectivity index is 2.31. The molecule has 1 aromatic carbocycles. The number of benzene rings is 1. The van der Waals surface area contributed by atoms with E-state index in [2.05, 4.69) is 4.74 Å². The summed E-state index contributed by atoms with van der Waals surface area (Å²) in [5.41, 5.74) is 1.39. The molecule has 0 spiro atoms. The summed E-state index contributed by atoms with van der Waals surface area (Å²) in [6.07, 6.45) is -1.03. The van der Waals surface area contributed by atoms with Gasteiger partial charge in [0.25, 0.3) is 11.8 Å². The predicted molar refractivity (Wildman–Crippen MR) is 73.7 cm³/mol. The Morgan fingerprint density at radius 2 is 2.00 bits per heavy atom. The monoisotopic (exact) mass is 291 g/mol. The zero-order valence-electron chi connectivity index (χ0n) is 12.1. The van der Waals surface area contributed by atoms with Crippen molar-refractivity contribution in [3.63, 3.8) is 0 Å². The van der Waals surface area contributed by atoms with Gasteiger partial charge in [-0.25, -0.2) is 0 Å². The first-order chi connectivity index (χ1) is 9.88. The van der Waals surface area contributed by atoms with Crippen molar-refractivity contribution in [2.75, 3.05) is 13.7 Å². The Hall–Kier alpha value is -2.21. The van der Waals surface area contributed by atoms with Crippen molar-refractivity contribution in [3.05, 3.63) is 34.9 Å². The molecule has 1 aromatic rings. The van der Waals surface area contributed by atoms with E-state index in [4.69, 9.17) is 0 Å². The second kappa shape index (κ2) is 5.65. The SMILES string of the molecule is COC(=O)[C@H](CN1C(=O)c2cccc(C)c2C1=O)[C@@H](C)O. The van der Waals surface area contributed by atoms with Gasteiger partial charge >= 0.3 is 5.97 Å². The summed E-state index contributed by atoms with van der Waals surface area (Å²) in [5, 5.41) is 9.67. The third-order valence-electron chi connectivity index (χ3n) is 3.67. The van der Waals surface area contributed by atoms with Crippen LogP contribution in [0.5, 0.6) is 0 Å². The van der Waals surface area contributed by atoms with Crippen molar-refractivity contribution < 1.29 is 24.2 Å². The molecule has 1 heterocycles. The van der Waals surface area contributed by atoms with Crippen LogP contribution in [0.3, 0.4) is 0 Å². The lowest BCUT2D eigenvalue weighted by atomic mass is 10.0. The average molecular weight is 291 g/mol. The quantitative estimate of drug-likeness (QED) is 0.654. The summed E-state index contributed by atoms with van der Waals surface area (Å²) in [4.78, 5) is 37.3. The summed E-state index contributed by atoms with van der Waals surface area (Å²) in [5.74, 6) is -2.51. The number of nitrogens with zero attached hydrogens (tertiary/aromatic N) is 1. The lowest BCUT2D eigenvalue weighted by molar-refractivity contribution is -0.149. The molecule has 0 aromatic heterocycles. The number of amides is 2. The molecule has 112 valence electrons. The van der Waals surface area contributed by atoms with Gasteiger partial charge in [-0.3, -0.25) is 19.3 Å². The van der Waals surface area contributed by atoms with E-state index in [-0.39, 0.29) is 6.54 Å². The topological polar surface area (TPSA) is 83.9 Å². The van der Waals surface area contributed by atoms with Crippen LogP contribution in [-0.4, -0.2) is 47.5 Å². The molecule has 1 N–H and O–H groups in total. The standard InChI is InChI=1S/C15H17NO5/c1-8-5-4-6-10-12(8)14(19)16(13(10)18)7-11(9(2)17)15(20)21-3/h4-6,9,11,17H,7H2,1-3H3/t9-,11-/m1/s1. The molecule has 6 nitrogen and oxygen atoms in total. The lowest BCUT2D eigenvalue weighted by Gasteiger charge is -2.22. The number of aliphatic hydroxyl groups is 1. The van der Waals surface area contributed by atoms with Crippen LogP contribution in [0.15, 0.2) is 18.2 Å². The second-order valence-electron chi connectivity index (χ2n) is 5.09. The van der Waals surface area contributed by atoms with Crippen molar-refractivity contribution in [1.82, 2.24) is 4.90 Å². The van der Waals surface area contributed by atoms with Gasteiger partial charge in [-0.05, 0) is 25.5 Å². The maximum atomic E-state index is 12.4. The summed E-state index contributed by atoms with van der Waals surface area (Å²) in [6, 6.07) is 5.04. The Morgan fingerprint density at radius 1 is 1.33 bits per heavy atom. The van der Waals surface area contributed by atoms with Crippen LogP contribution in [0.4, 0.5) is 0 Å². The average Bonchev–Trinajstić information content (AvgIpc) is 2.68. The van der Waals surface area contributed by atoms with Crippen molar-refractivity contribution in [1.29, 1.82) is 0 Å². The molecular weight excluding hydrogens is 274 g/mol. The highest BCUT2D eigenvalue weighted by atomic mass is 16.5. The minimum atomic E-state index is -1.03. The van der Waals surface area contributed by atoms with Crippen molar-refractivity contribution in [2.45, 2.75) is 20.0 Å². The molecule has 21 heavy (non-hydrogen) atoms. The molecule has 0 saturated heterocycles. The fourth-order valence-corrected chi connectivity index (χ4v) is 2.44. The van der Waals surface area contributed by atoms with Crippen LogP contribution in [0.1, 0.15) is 33.2 Å². The molecular formula is C15H17NO5. The summed E-state index contributed by atoms with van der Waals surface area (Å²) in [6.45, 7) is 2.97. The molecule has 1 aliphatic heterocycles. The van der Waals surface area contributed by atoms with Crippen molar-refractivity contribution in [2.24, 2.45) is 5.92 Å². The third kappa shape index (κ3) is 2.54. The zero-order valence-corrected chi connectivity index (χ0v) is 12.1. The van der Waals surface area contributed by atoms with Gasteiger partial charge in [0.1, 0.15) is 5.92 Å². The smallest absolute Gasteiger partial charge is 0.313 e. The molecule has 0 fully saturated rings. The first-order valence-electron chi connectivity index (χ1n) is 6.60. The summed E-state index contributed by atoms with van der Waals surface area (Å²) in [7, 11) is 1.20. The van der Waals surface area contributed by atoms with Gasteiger partial charge in [-0.15, -0.1) is 0 Å². The predicted octanol–water partition coefficient (Wildman–Crippen LogP) is 0.761. The summed E-state index contributed by atoms with van der Waals surface area (Å²) < 4.78 is 4.61. The van der Waals surface area contributed by atoms with Gasteiger partial charge in [-0.1, -0.05) is 12.1 Å². The minimum absolute atomic E-state index is 0.198. The highest BCUT2D eigenvalue weighted by Crippen LogP contribution is 2.27. The number of aliphatic hydroxyl groups excluding tert-OH is 1. The van der Waals surface area contributed by atoms with Gasteiger partial charge in [0.2, 0.25) is 0 Å². The second-order valence-corrected chi connectivity index (χ2v) is 5.09. The number of hydrogen-bond acceptors (Lipinski definition) is 5. The van der Waals surface area contributed by atoms with Gasteiger partial charge < -0.3 is 9.84 Å². The molecule has 6 heteroatoms. The number of esters is 1. The Morgan fingerprint density at radius 3 is 2.52 bits per heavy atom. The number of fused-ring (bicyclic) bond motifs is 1. The number of hydrogen-bond donors (Lipinski definition) is 1. The van der Waals surface area contributed by atoms with E-state index in [1.54, 1.807) is 25.1 Å². The lowest BCUT2D eigenvalue weighted by Crippen LogP contribution is -2.41. The van der Waals surface area contributed by atoms with E-state index < -0.39 is 29.8 Å². The molecule has 2 atom stereocenters. The first-order valence-corrected chi connectivity index (χ1v) is 6.60. The Labute approximate surface area is 122 Å². The van der Waals surface area contributed by atoms with Crippen LogP contribution in [0.2, 0.25) is 0 Å². The molecule has 0 radical (unpaired) electrons. The molecule has 0 unspecified atom stereocenters. The summed E-state index contributed by atoms with van der Waals surface area (Å²) >= 11 is 0. The minimum Gasteiger partial charge on any atom is -0.469 e. The molecule has 2 rings (SSSR count). The van der Waals surface area contributed by atoms with Gasteiger partial charge in [0.05, 0.1) is 24.3 Å². The molecule has 1 aliphatic rings. The van der Waals surface area contributed by atoms with E-state index >= 15 is 0 Å². The van der Waals surface area contributed by atoms with Crippen LogP contribution in [-0.2, 0) is 9.53 Å².